The lowest BCUT2D eigenvalue weighted by atomic mass is 10.1. The van der Waals surface area contributed by atoms with Crippen LogP contribution in [0.4, 0.5) is 4.39 Å². The largest absolute Gasteiger partial charge is 0.395 e. The summed E-state index contributed by atoms with van der Waals surface area (Å²) >= 11 is 0. The number of methoxy groups -OCH3 is 1. The smallest absolute Gasteiger partial charge is 0.128 e. The van der Waals surface area contributed by atoms with Crippen molar-refractivity contribution in [1.82, 2.24) is 4.90 Å². The van der Waals surface area contributed by atoms with Crippen molar-refractivity contribution >= 4 is 0 Å². The molecule has 0 saturated heterocycles. The SMILES string of the molecule is COCC(C)N(C)Cc1ccc(C#CCCO)cc1F. The molecule has 0 aliphatic heterocycles. The summed E-state index contributed by atoms with van der Waals surface area (Å²) in [6.07, 6.45) is 0.403. The predicted octanol–water partition coefficient (Wildman–Crippen LogP) is 2.03. The van der Waals surface area contributed by atoms with E-state index >= 15 is 0 Å². The van der Waals surface area contributed by atoms with Crippen LogP contribution in [0.1, 0.15) is 24.5 Å². The number of hydrogen-bond donors (Lipinski definition) is 1. The Labute approximate surface area is 120 Å². The second-order valence-electron chi connectivity index (χ2n) is 4.80. The number of hydrogen-bond acceptors (Lipinski definition) is 3. The van der Waals surface area contributed by atoms with E-state index in [1.54, 1.807) is 19.2 Å². The number of rotatable bonds is 6. The standard InChI is InChI=1S/C16H22FNO2/c1-13(12-20-3)18(2)11-15-8-7-14(10-16(15)17)6-4-5-9-19/h7-8,10,13,19H,5,9,11-12H2,1-3H3. The van der Waals surface area contributed by atoms with E-state index in [4.69, 9.17) is 9.84 Å². The molecule has 1 aromatic carbocycles. The van der Waals surface area contributed by atoms with Crippen molar-refractivity contribution in [2.75, 3.05) is 27.4 Å². The van der Waals surface area contributed by atoms with E-state index in [0.29, 0.717) is 30.7 Å². The maximum atomic E-state index is 14.0. The molecule has 20 heavy (non-hydrogen) atoms. The molecule has 0 spiro atoms. The Morgan fingerprint density at radius 1 is 1.45 bits per heavy atom. The topological polar surface area (TPSA) is 32.7 Å². The first kappa shape index (κ1) is 16.6. The lowest BCUT2D eigenvalue weighted by Gasteiger charge is -2.24. The molecule has 0 bridgehead atoms. The summed E-state index contributed by atoms with van der Waals surface area (Å²) < 4.78 is 19.1. The Morgan fingerprint density at radius 2 is 2.20 bits per heavy atom. The van der Waals surface area contributed by atoms with Gasteiger partial charge in [-0.3, -0.25) is 4.90 Å². The first-order chi connectivity index (χ1) is 9.58. The van der Waals surface area contributed by atoms with Gasteiger partial charge in [0.05, 0.1) is 13.2 Å². The maximum absolute atomic E-state index is 14.0. The van der Waals surface area contributed by atoms with Gasteiger partial charge in [0.25, 0.3) is 0 Å². The van der Waals surface area contributed by atoms with Crippen molar-refractivity contribution in [3.63, 3.8) is 0 Å². The molecule has 0 saturated carbocycles. The van der Waals surface area contributed by atoms with Crippen molar-refractivity contribution in [3.8, 4) is 11.8 Å². The van der Waals surface area contributed by atoms with Crippen LogP contribution in [-0.2, 0) is 11.3 Å². The van der Waals surface area contributed by atoms with Crippen LogP contribution >= 0.6 is 0 Å². The second-order valence-corrected chi connectivity index (χ2v) is 4.80. The summed E-state index contributed by atoms with van der Waals surface area (Å²) in [6, 6.07) is 5.23. The zero-order valence-electron chi connectivity index (χ0n) is 12.3. The van der Waals surface area contributed by atoms with E-state index in [1.807, 2.05) is 18.9 Å². The van der Waals surface area contributed by atoms with Gasteiger partial charge < -0.3 is 9.84 Å². The highest BCUT2D eigenvalue weighted by molar-refractivity contribution is 5.37. The highest BCUT2D eigenvalue weighted by atomic mass is 19.1. The number of benzene rings is 1. The van der Waals surface area contributed by atoms with Crippen molar-refractivity contribution in [3.05, 3.63) is 35.1 Å². The molecule has 1 unspecified atom stereocenters. The lowest BCUT2D eigenvalue weighted by molar-refractivity contribution is 0.111. The number of ether oxygens (including phenoxy) is 1. The Hall–Kier alpha value is -1.41. The fourth-order valence-electron chi connectivity index (χ4n) is 1.77. The minimum absolute atomic E-state index is 0.0236. The molecule has 0 fully saturated rings. The molecule has 0 aromatic heterocycles. The van der Waals surface area contributed by atoms with Crippen LogP contribution in [0, 0.1) is 17.7 Å². The van der Waals surface area contributed by atoms with Gasteiger partial charge in [0.2, 0.25) is 0 Å². The quantitative estimate of drug-likeness (QED) is 0.809. The molecule has 110 valence electrons. The second kappa shape index (κ2) is 8.70. The summed E-state index contributed by atoms with van der Waals surface area (Å²) in [5.41, 5.74) is 1.27. The summed E-state index contributed by atoms with van der Waals surface area (Å²) in [6.45, 7) is 3.20. The molecule has 1 atom stereocenters. The number of halogens is 1. The Balaban J connectivity index is 2.71. The van der Waals surface area contributed by atoms with Crippen molar-refractivity contribution in [1.29, 1.82) is 0 Å². The third-order valence-corrected chi connectivity index (χ3v) is 3.10. The first-order valence-electron chi connectivity index (χ1n) is 6.65. The van der Waals surface area contributed by atoms with Crippen LogP contribution in [0.3, 0.4) is 0 Å². The number of aliphatic hydroxyl groups excluding tert-OH is 1. The fraction of sp³-hybridized carbons (Fsp3) is 0.500. The van der Waals surface area contributed by atoms with Gasteiger partial charge in [-0.15, -0.1) is 0 Å². The zero-order chi connectivity index (χ0) is 15.0. The van der Waals surface area contributed by atoms with E-state index in [1.165, 1.54) is 6.07 Å². The summed E-state index contributed by atoms with van der Waals surface area (Å²) in [5.74, 6) is 5.35. The molecule has 0 amide bonds. The van der Waals surface area contributed by atoms with Crippen molar-refractivity contribution < 1.29 is 14.2 Å². The highest BCUT2D eigenvalue weighted by Gasteiger charge is 2.11. The van der Waals surface area contributed by atoms with Crippen LogP contribution in [-0.4, -0.2) is 43.4 Å². The van der Waals surface area contributed by atoms with Crippen LogP contribution in [0.25, 0.3) is 0 Å². The summed E-state index contributed by atoms with van der Waals surface area (Å²) in [7, 11) is 3.60. The summed E-state index contributed by atoms with van der Waals surface area (Å²) in [4.78, 5) is 2.04. The summed E-state index contributed by atoms with van der Waals surface area (Å²) in [5, 5.41) is 8.65. The first-order valence-corrected chi connectivity index (χ1v) is 6.65. The molecular formula is C16H22FNO2. The molecule has 1 N–H and O–H groups in total. The van der Waals surface area contributed by atoms with Crippen LogP contribution < -0.4 is 0 Å². The zero-order valence-corrected chi connectivity index (χ0v) is 12.3. The molecule has 4 heteroatoms. The molecule has 0 aliphatic carbocycles. The Kier molecular flexibility index (Phi) is 7.24. The van der Waals surface area contributed by atoms with Gasteiger partial charge in [0.1, 0.15) is 5.82 Å². The van der Waals surface area contributed by atoms with E-state index in [0.717, 1.165) is 0 Å². The van der Waals surface area contributed by atoms with E-state index < -0.39 is 0 Å². The maximum Gasteiger partial charge on any atom is 0.128 e. The minimum atomic E-state index is -0.253. The van der Waals surface area contributed by atoms with Gasteiger partial charge in [-0.05, 0) is 26.1 Å². The lowest BCUT2D eigenvalue weighted by Crippen LogP contribution is -2.32. The van der Waals surface area contributed by atoms with Gasteiger partial charge in [-0.25, -0.2) is 4.39 Å². The van der Waals surface area contributed by atoms with Gasteiger partial charge in [-0.2, -0.15) is 0 Å². The van der Waals surface area contributed by atoms with Gasteiger partial charge in [0.15, 0.2) is 0 Å². The van der Waals surface area contributed by atoms with Crippen LogP contribution in [0.5, 0.6) is 0 Å². The molecule has 3 nitrogen and oxygen atoms in total. The molecular weight excluding hydrogens is 257 g/mol. The predicted molar refractivity (Wildman–Crippen MR) is 77.8 cm³/mol. The fourth-order valence-corrected chi connectivity index (χ4v) is 1.77. The Morgan fingerprint density at radius 3 is 2.80 bits per heavy atom. The van der Waals surface area contributed by atoms with Crippen molar-refractivity contribution in [2.45, 2.75) is 25.9 Å². The van der Waals surface area contributed by atoms with Gasteiger partial charge in [-0.1, -0.05) is 17.9 Å². The molecule has 1 rings (SSSR count). The molecule has 0 heterocycles. The third kappa shape index (κ3) is 5.30. The average Bonchev–Trinajstić information content (AvgIpc) is 2.42. The minimum Gasteiger partial charge on any atom is -0.395 e. The molecule has 0 aliphatic rings. The molecule has 1 aromatic rings. The monoisotopic (exact) mass is 279 g/mol. The van der Waals surface area contributed by atoms with E-state index in [9.17, 15) is 4.39 Å². The van der Waals surface area contributed by atoms with Crippen LogP contribution in [0.15, 0.2) is 18.2 Å². The van der Waals surface area contributed by atoms with Gasteiger partial charge in [0, 0.05) is 37.2 Å². The third-order valence-electron chi connectivity index (χ3n) is 3.10. The van der Waals surface area contributed by atoms with E-state index in [-0.39, 0.29) is 18.5 Å². The van der Waals surface area contributed by atoms with E-state index in [2.05, 4.69) is 11.8 Å². The van der Waals surface area contributed by atoms with Crippen molar-refractivity contribution in [2.24, 2.45) is 0 Å². The molecule has 0 radical (unpaired) electrons. The Bertz CT molecular complexity index is 479. The average molecular weight is 279 g/mol. The number of likely N-dealkylation sites (N-methyl/N-ethyl adjacent to an activating group) is 1. The number of nitrogens with zero attached hydrogens (tertiary/aromatic N) is 1. The normalized spacial score (nSPS) is 12.1. The van der Waals surface area contributed by atoms with Crippen LogP contribution in [0.2, 0.25) is 0 Å². The van der Waals surface area contributed by atoms with Gasteiger partial charge >= 0.3 is 0 Å². The highest BCUT2D eigenvalue weighted by Crippen LogP contribution is 2.13. The number of aliphatic hydroxyl groups is 1.